The van der Waals surface area contributed by atoms with E-state index in [1.807, 2.05) is 0 Å². The Hall–Kier alpha value is -2.21. The lowest BCUT2D eigenvalue weighted by molar-refractivity contribution is -0.150. The minimum atomic E-state index is -0.850. The van der Waals surface area contributed by atoms with E-state index in [9.17, 15) is 9.59 Å². The molecule has 118 valence electrons. The van der Waals surface area contributed by atoms with Crippen LogP contribution in [0.25, 0.3) is 6.08 Å². The Balaban J connectivity index is 1.98. The van der Waals surface area contributed by atoms with E-state index in [1.165, 1.54) is 19.1 Å². The third-order valence-electron chi connectivity index (χ3n) is 2.87. The molecule has 1 amide bonds. The zero-order chi connectivity index (χ0) is 16.1. The van der Waals surface area contributed by atoms with Crippen LogP contribution in [-0.2, 0) is 14.3 Å². The molecule has 1 N–H and O–H groups in total. The average molecular weight is 326 g/mol. The van der Waals surface area contributed by atoms with Crippen molar-refractivity contribution >= 4 is 29.6 Å². The number of ether oxygens (including phenoxy) is 3. The first kappa shape index (κ1) is 16.2. The summed E-state index contributed by atoms with van der Waals surface area (Å²) < 4.78 is 15.4. The first-order valence-electron chi connectivity index (χ1n) is 6.76. The molecule has 0 unspecified atom stereocenters. The maximum atomic E-state index is 11.7. The van der Waals surface area contributed by atoms with Gasteiger partial charge >= 0.3 is 5.97 Å². The molecule has 6 nitrogen and oxygen atoms in total. The van der Waals surface area contributed by atoms with Crippen LogP contribution < -0.4 is 14.8 Å². The molecule has 0 bridgehead atoms. The normalized spacial score (nSPS) is 14.0. The summed E-state index contributed by atoms with van der Waals surface area (Å²) >= 11 is 6.04. The van der Waals surface area contributed by atoms with Crippen LogP contribution in [0.4, 0.5) is 0 Å². The fourth-order valence-corrected chi connectivity index (χ4v) is 2.11. The highest BCUT2D eigenvalue weighted by molar-refractivity contribution is 6.32. The van der Waals surface area contributed by atoms with Gasteiger partial charge in [0.15, 0.2) is 17.6 Å². The fraction of sp³-hybridized carbons (Fsp3) is 0.333. The molecule has 0 aliphatic carbocycles. The number of amides is 1. The van der Waals surface area contributed by atoms with Crippen molar-refractivity contribution < 1.29 is 23.8 Å². The molecular formula is C15H16ClNO5. The van der Waals surface area contributed by atoms with E-state index in [-0.39, 0.29) is 12.7 Å². The largest absolute Gasteiger partial charge is 0.454 e. The lowest BCUT2D eigenvalue weighted by Gasteiger charge is -2.10. The Kier molecular flexibility index (Phi) is 5.27. The Morgan fingerprint density at radius 2 is 2.23 bits per heavy atom. The SMILES string of the molecule is CCNC(=O)[C@@H](C)OC(=O)/C=C/c1cc(Cl)c2c(c1)OCO2. The Morgan fingerprint density at radius 1 is 1.45 bits per heavy atom. The van der Waals surface area contributed by atoms with Crippen molar-refractivity contribution in [1.82, 2.24) is 5.32 Å². The topological polar surface area (TPSA) is 73.9 Å². The van der Waals surface area contributed by atoms with Crippen molar-refractivity contribution in [2.24, 2.45) is 0 Å². The van der Waals surface area contributed by atoms with Crippen LogP contribution >= 0.6 is 11.6 Å². The second kappa shape index (κ2) is 7.17. The molecule has 1 atom stereocenters. The predicted molar refractivity (Wildman–Crippen MR) is 80.8 cm³/mol. The van der Waals surface area contributed by atoms with Gasteiger partial charge in [0.25, 0.3) is 5.91 Å². The van der Waals surface area contributed by atoms with Crippen LogP contribution in [0.3, 0.4) is 0 Å². The van der Waals surface area contributed by atoms with Gasteiger partial charge in [0, 0.05) is 12.6 Å². The number of esters is 1. The Bertz CT molecular complexity index is 614. The first-order valence-corrected chi connectivity index (χ1v) is 7.14. The molecule has 0 spiro atoms. The van der Waals surface area contributed by atoms with E-state index in [0.717, 1.165) is 0 Å². The van der Waals surface area contributed by atoms with Crippen LogP contribution in [0.5, 0.6) is 11.5 Å². The van der Waals surface area contributed by atoms with Gasteiger partial charge in [-0.25, -0.2) is 4.79 Å². The number of nitrogens with one attached hydrogen (secondary N) is 1. The van der Waals surface area contributed by atoms with Gasteiger partial charge in [0.05, 0.1) is 5.02 Å². The van der Waals surface area contributed by atoms with Gasteiger partial charge in [-0.2, -0.15) is 0 Å². The van der Waals surface area contributed by atoms with Gasteiger partial charge < -0.3 is 19.5 Å². The van der Waals surface area contributed by atoms with Crippen molar-refractivity contribution in [3.05, 3.63) is 28.8 Å². The minimum absolute atomic E-state index is 0.119. The second-order valence-corrected chi connectivity index (χ2v) is 4.95. The number of carbonyl (C=O) groups is 2. The highest BCUT2D eigenvalue weighted by atomic mass is 35.5. The van der Waals surface area contributed by atoms with Gasteiger partial charge in [-0.05, 0) is 37.6 Å². The lowest BCUT2D eigenvalue weighted by Crippen LogP contribution is -2.35. The van der Waals surface area contributed by atoms with Gasteiger partial charge in [-0.15, -0.1) is 0 Å². The molecule has 7 heteroatoms. The molecule has 1 aliphatic rings. The number of benzene rings is 1. The summed E-state index contributed by atoms with van der Waals surface area (Å²) in [7, 11) is 0. The molecule has 0 fully saturated rings. The third kappa shape index (κ3) is 3.92. The second-order valence-electron chi connectivity index (χ2n) is 4.54. The van der Waals surface area contributed by atoms with Gasteiger partial charge in [0.2, 0.25) is 6.79 Å². The summed E-state index contributed by atoms with van der Waals surface area (Å²) in [5, 5.41) is 2.97. The number of hydrogen-bond donors (Lipinski definition) is 1. The molecule has 1 aromatic rings. The zero-order valence-corrected chi connectivity index (χ0v) is 13.0. The number of carbonyl (C=O) groups excluding carboxylic acids is 2. The van der Waals surface area contributed by atoms with E-state index in [1.54, 1.807) is 19.1 Å². The number of halogens is 1. The number of likely N-dealkylation sites (N-methyl/N-ethyl adjacent to an activating group) is 1. The van der Waals surface area contributed by atoms with E-state index >= 15 is 0 Å². The predicted octanol–water partition coefficient (Wildman–Crippen LogP) is 2.15. The summed E-state index contributed by atoms with van der Waals surface area (Å²) in [6.07, 6.45) is 1.90. The summed E-state index contributed by atoms with van der Waals surface area (Å²) in [4.78, 5) is 23.1. The molecule has 0 aromatic heterocycles. The van der Waals surface area contributed by atoms with Crippen molar-refractivity contribution in [1.29, 1.82) is 0 Å². The van der Waals surface area contributed by atoms with Crippen LogP contribution in [0.2, 0.25) is 5.02 Å². The average Bonchev–Trinajstić information content (AvgIpc) is 2.94. The zero-order valence-electron chi connectivity index (χ0n) is 12.2. The van der Waals surface area contributed by atoms with Crippen molar-refractivity contribution in [2.45, 2.75) is 20.0 Å². The van der Waals surface area contributed by atoms with E-state index in [2.05, 4.69) is 5.32 Å². The van der Waals surface area contributed by atoms with Crippen LogP contribution in [0.1, 0.15) is 19.4 Å². The standard InChI is InChI=1S/C15H16ClNO5/c1-3-17-15(19)9(2)22-13(18)5-4-10-6-11(16)14-12(7-10)20-8-21-14/h4-7,9H,3,8H2,1-2H3,(H,17,19)/b5-4+/t9-/m1/s1. The first-order chi connectivity index (χ1) is 10.5. The molecule has 1 aliphatic heterocycles. The maximum Gasteiger partial charge on any atom is 0.331 e. The number of hydrogen-bond acceptors (Lipinski definition) is 5. The molecule has 0 saturated carbocycles. The monoisotopic (exact) mass is 325 g/mol. The lowest BCUT2D eigenvalue weighted by atomic mass is 10.2. The maximum absolute atomic E-state index is 11.7. The summed E-state index contributed by atoms with van der Waals surface area (Å²) in [5.74, 6) is 0.0605. The van der Waals surface area contributed by atoms with Gasteiger partial charge in [-0.1, -0.05) is 11.6 Å². The van der Waals surface area contributed by atoms with E-state index < -0.39 is 12.1 Å². The highest BCUT2D eigenvalue weighted by Gasteiger charge is 2.18. The highest BCUT2D eigenvalue weighted by Crippen LogP contribution is 2.40. The fourth-order valence-electron chi connectivity index (χ4n) is 1.83. The minimum Gasteiger partial charge on any atom is -0.454 e. The summed E-state index contributed by atoms with van der Waals surface area (Å²) in [6, 6.07) is 3.34. The van der Waals surface area contributed by atoms with Crippen LogP contribution in [0.15, 0.2) is 18.2 Å². The third-order valence-corrected chi connectivity index (χ3v) is 3.16. The smallest absolute Gasteiger partial charge is 0.331 e. The van der Waals surface area contributed by atoms with Crippen molar-refractivity contribution in [2.75, 3.05) is 13.3 Å². The number of rotatable bonds is 5. The van der Waals surface area contributed by atoms with Crippen LogP contribution in [-0.4, -0.2) is 31.3 Å². The Labute approximate surface area is 133 Å². The number of fused-ring (bicyclic) bond motifs is 1. The van der Waals surface area contributed by atoms with Crippen molar-refractivity contribution in [3.63, 3.8) is 0 Å². The molecule has 2 rings (SSSR count). The van der Waals surface area contributed by atoms with E-state index in [0.29, 0.717) is 28.6 Å². The van der Waals surface area contributed by atoms with Gasteiger partial charge in [-0.3, -0.25) is 4.79 Å². The molecule has 0 saturated heterocycles. The molecular weight excluding hydrogens is 310 g/mol. The summed E-state index contributed by atoms with van der Waals surface area (Å²) in [6.45, 7) is 3.89. The molecule has 22 heavy (non-hydrogen) atoms. The molecule has 1 heterocycles. The molecule has 1 aromatic carbocycles. The summed E-state index contributed by atoms with van der Waals surface area (Å²) in [5.41, 5.74) is 0.664. The quantitative estimate of drug-likeness (QED) is 0.663. The van der Waals surface area contributed by atoms with Crippen LogP contribution in [0, 0.1) is 0 Å². The Morgan fingerprint density at radius 3 is 2.95 bits per heavy atom. The van der Waals surface area contributed by atoms with E-state index in [4.69, 9.17) is 25.8 Å². The molecule has 0 radical (unpaired) electrons. The van der Waals surface area contributed by atoms with Gasteiger partial charge in [0.1, 0.15) is 0 Å². The van der Waals surface area contributed by atoms with Crippen molar-refractivity contribution in [3.8, 4) is 11.5 Å².